The SMILES string of the molecule is COc1ccc(-c2cn3ccccc3c2C(=O)O)cc1C. The maximum Gasteiger partial charge on any atom is 0.338 e. The Hall–Kier alpha value is -2.75. The number of hydrogen-bond acceptors (Lipinski definition) is 2. The van der Waals surface area contributed by atoms with Gasteiger partial charge >= 0.3 is 5.97 Å². The van der Waals surface area contributed by atoms with Gasteiger partial charge in [-0.3, -0.25) is 0 Å². The highest BCUT2D eigenvalue weighted by atomic mass is 16.5. The van der Waals surface area contributed by atoms with Gasteiger partial charge in [0.25, 0.3) is 0 Å². The van der Waals surface area contributed by atoms with E-state index in [-0.39, 0.29) is 0 Å². The van der Waals surface area contributed by atoms with Gasteiger partial charge < -0.3 is 14.2 Å². The number of hydrogen-bond donors (Lipinski definition) is 1. The van der Waals surface area contributed by atoms with Crippen LogP contribution in [-0.2, 0) is 0 Å². The van der Waals surface area contributed by atoms with E-state index in [1.54, 1.807) is 7.11 Å². The largest absolute Gasteiger partial charge is 0.496 e. The van der Waals surface area contributed by atoms with E-state index in [1.165, 1.54) is 0 Å². The van der Waals surface area contributed by atoms with Gasteiger partial charge in [0.05, 0.1) is 18.2 Å². The minimum Gasteiger partial charge on any atom is -0.496 e. The molecule has 0 amide bonds. The molecule has 2 heterocycles. The van der Waals surface area contributed by atoms with E-state index < -0.39 is 5.97 Å². The summed E-state index contributed by atoms with van der Waals surface area (Å²) in [4.78, 5) is 11.6. The van der Waals surface area contributed by atoms with Crippen molar-refractivity contribution < 1.29 is 14.6 Å². The van der Waals surface area contributed by atoms with Crippen LogP contribution in [0.15, 0.2) is 48.8 Å². The zero-order valence-corrected chi connectivity index (χ0v) is 11.8. The maximum atomic E-state index is 11.6. The number of pyridine rings is 1. The smallest absolute Gasteiger partial charge is 0.338 e. The van der Waals surface area contributed by atoms with Gasteiger partial charge in [-0.15, -0.1) is 0 Å². The molecule has 21 heavy (non-hydrogen) atoms. The first kappa shape index (κ1) is 13.2. The van der Waals surface area contributed by atoms with Crippen molar-refractivity contribution in [3.05, 3.63) is 59.9 Å². The summed E-state index contributed by atoms with van der Waals surface area (Å²) in [5.41, 5.74) is 3.56. The molecule has 3 aromatic rings. The van der Waals surface area contributed by atoms with E-state index in [0.717, 1.165) is 16.9 Å². The van der Waals surface area contributed by atoms with Crippen molar-refractivity contribution in [3.8, 4) is 16.9 Å². The second-order valence-electron chi connectivity index (χ2n) is 4.90. The average Bonchev–Trinajstić information content (AvgIpc) is 2.86. The summed E-state index contributed by atoms with van der Waals surface area (Å²) in [5.74, 6) is -0.133. The average molecular weight is 281 g/mol. The molecule has 1 N–H and O–H groups in total. The number of carbonyl (C=O) groups is 1. The molecule has 4 heteroatoms. The molecule has 0 spiro atoms. The number of aryl methyl sites for hydroxylation is 1. The van der Waals surface area contributed by atoms with Crippen molar-refractivity contribution in [1.82, 2.24) is 4.40 Å². The van der Waals surface area contributed by atoms with E-state index in [9.17, 15) is 9.90 Å². The number of ether oxygens (including phenoxy) is 1. The monoisotopic (exact) mass is 281 g/mol. The summed E-state index contributed by atoms with van der Waals surface area (Å²) in [5, 5.41) is 9.55. The third kappa shape index (κ3) is 2.14. The predicted molar refractivity (Wildman–Crippen MR) is 81.1 cm³/mol. The van der Waals surface area contributed by atoms with Gasteiger partial charge in [0.1, 0.15) is 5.75 Å². The highest BCUT2D eigenvalue weighted by Gasteiger charge is 2.18. The van der Waals surface area contributed by atoms with Gasteiger partial charge in [-0.05, 0) is 42.3 Å². The lowest BCUT2D eigenvalue weighted by atomic mass is 10.0. The number of nitrogens with zero attached hydrogens (tertiary/aromatic N) is 1. The fourth-order valence-corrected chi connectivity index (χ4v) is 2.61. The molecular weight excluding hydrogens is 266 g/mol. The van der Waals surface area contributed by atoms with Crippen molar-refractivity contribution in [2.45, 2.75) is 6.92 Å². The molecule has 106 valence electrons. The number of carboxylic acids is 1. The topological polar surface area (TPSA) is 50.9 Å². The van der Waals surface area contributed by atoms with Gasteiger partial charge in [-0.1, -0.05) is 12.1 Å². The summed E-state index contributed by atoms with van der Waals surface area (Å²) in [6.07, 6.45) is 3.70. The number of aromatic nitrogens is 1. The number of benzene rings is 1. The molecule has 0 bridgehead atoms. The first-order valence-corrected chi connectivity index (χ1v) is 6.60. The summed E-state index contributed by atoms with van der Waals surface area (Å²) in [6.45, 7) is 1.94. The van der Waals surface area contributed by atoms with E-state index in [1.807, 2.05) is 60.1 Å². The Balaban J connectivity index is 2.27. The van der Waals surface area contributed by atoms with E-state index >= 15 is 0 Å². The van der Waals surface area contributed by atoms with Crippen LogP contribution < -0.4 is 4.74 Å². The molecule has 0 saturated heterocycles. The Kier molecular flexibility index (Phi) is 3.14. The minimum absolute atomic E-state index is 0.320. The molecule has 0 unspecified atom stereocenters. The van der Waals surface area contributed by atoms with Crippen molar-refractivity contribution >= 4 is 11.5 Å². The molecule has 0 fully saturated rings. The van der Waals surface area contributed by atoms with Gasteiger partial charge in [-0.25, -0.2) is 4.79 Å². The zero-order chi connectivity index (χ0) is 15.0. The molecule has 0 aliphatic rings. The lowest BCUT2D eigenvalue weighted by Crippen LogP contribution is -1.98. The zero-order valence-electron chi connectivity index (χ0n) is 11.8. The Morgan fingerprint density at radius 3 is 2.71 bits per heavy atom. The summed E-state index contributed by atoms with van der Waals surface area (Å²) in [6, 6.07) is 11.2. The minimum atomic E-state index is -0.924. The number of aromatic carboxylic acids is 1. The molecule has 0 atom stereocenters. The predicted octanol–water partition coefficient (Wildman–Crippen LogP) is 3.62. The molecular formula is C17H15NO3. The van der Waals surface area contributed by atoms with Crippen molar-refractivity contribution in [3.63, 3.8) is 0 Å². The van der Waals surface area contributed by atoms with E-state index in [4.69, 9.17) is 4.74 Å². The van der Waals surface area contributed by atoms with Crippen molar-refractivity contribution in [2.24, 2.45) is 0 Å². The molecule has 2 aromatic heterocycles. The van der Waals surface area contributed by atoms with Crippen LogP contribution in [0.3, 0.4) is 0 Å². The molecule has 0 aliphatic carbocycles. The number of fused-ring (bicyclic) bond motifs is 1. The number of methoxy groups -OCH3 is 1. The van der Waals surface area contributed by atoms with E-state index in [0.29, 0.717) is 16.6 Å². The lowest BCUT2D eigenvalue weighted by molar-refractivity contribution is 0.0700. The van der Waals surface area contributed by atoms with Crippen LogP contribution in [0.5, 0.6) is 5.75 Å². The van der Waals surface area contributed by atoms with Gasteiger partial charge in [0.15, 0.2) is 0 Å². The fraction of sp³-hybridized carbons (Fsp3) is 0.118. The van der Waals surface area contributed by atoms with Crippen LogP contribution in [0.4, 0.5) is 0 Å². The van der Waals surface area contributed by atoms with Crippen LogP contribution in [0.25, 0.3) is 16.6 Å². The Labute approximate surface area is 122 Å². The summed E-state index contributed by atoms with van der Waals surface area (Å²) >= 11 is 0. The second kappa shape index (κ2) is 4.98. The third-order valence-electron chi connectivity index (χ3n) is 3.60. The Morgan fingerprint density at radius 1 is 1.24 bits per heavy atom. The highest BCUT2D eigenvalue weighted by Crippen LogP contribution is 2.31. The van der Waals surface area contributed by atoms with Gasteiger partial charge in [0.2, 0.25) is 0 Å². The van der Waals surface area contributed by atoms with Gasteiger partial charge in [0, 0.05) is 18.0 Å². The quantitative estimate of drug-likeness (QED) is 0.797. The molecule has 3 rings (SSSR count). The first-order chi connectivity index (χ1) is 10.1. The van der Waals surface area contributed by atoms with Crippen molar-refractivity contribution in [1.29, 1.82) is 0 Å². The molecule has 0 aliphatic heterocycles. The molecule has 1 aromatic carbocycles. The third-order valence-corrected chi connectivity index (χ3v) is 3.60. The normalized spacial score (nSPS) is 10.8. The van der Waals surface area contributed by atoms with Gasteiger partial charge in [-0.2, -0.15) is 0 Å². The van der Waals surface area contributed by atoms with Crippen LogP contribution >= 0.6 is 0 Å². The highest BCUT2D eigenvalue weighted by molar-refractivity contribution is 6.03. The Bertz CT molecular complexity index is 833. The van der Waals surface area contributed by atoms with Crippen molar-refractivity contribution in [2.75, 3.05) is 7.11 Å². The summed E-state index contributed by atoms with van der Waals surface area (Å²) in [7, 11) is 1.62. The molecule has 0 saturated carbocycles. The number of carboxylic acid groups (broad SMARTS) is 1. The van der Waals surface area contributed by atoms with E-state index in [2.05, 4.69) is 0 Å². The molecule has 4 nitrogen and oxygen atoms in total. The molecule has 0 radical (unpaired) electrons. The summed E-state index contributed by atoms with van der Waals surface area (Å²) < 4.78 is 7.08. The van der Waals surface area contributed by atoms with Crippen LogP contribution in [-0.4, -0.2) is 22.6 Å². The Morgan fingerprint density at radius 2 is 2.05 bits per heavy atom. The lowest BCUT2D eigenvalue weighted by Gasteiger charge is -2.07. The fourth-order valence-electron chi connectivity index (χ4n) is 2.61. The number of rotatable bonds is 3. The standard InChI is InChI=1S/C17H15NO3/c1-11-9-12(6-7-15(11)21-2)13-10-18-8-4-3-5-14(18)16(13)17(19)20/h3-10H,1-2H3,(H,19,20). The maximum absolute atomic E-state index is 11.6. The van der Waals surface area contributed by atoms with Crippen LogP contribution in [0, 0.1) is 6.92 Å². The van der Waals surface area contributed by atoms with Crippen LogP contribution in [0.1, 0.15) is 15.9 Å². The second-order valence-corrected chi connectivity index (χ2v) is 4.90. The van der Waals surface area contributed by atoms with Crippen LogP contribution in [0.2, 0.25) is 0 Å². The first-order valence-electron chi connectivity index (χ1n) is 6.60.